The lowest BCUT2D eigenvalue weighted by atomic mass is 10.1. The number of ether oxygens (including phenoxy) is 1. The van der Waals surface area contributed by atoms with E-state index in [0.29, 0.717) is 12.6 Å². The lowest BCUT2D eigenvalue weighted by Crippen LogP contribution is -2.50. The smallest absolute Gasteiger partial charge is 0.406 e. The summed E-state index contributed by atoms with van der Waals surface area (Å²) >= 11 is 0. The van der Waals surface area contributed by atoms with E-state index in [2.05, 4.69) is 19.9 Å². The van der Waals surface area contributed by atoms with E-state index < -0.39 is 6.36 Å². The predicted octanol–water partition coefficient (Wildman–Crippen LogP) is 2.49. The minimum atomic E-state index is -4.64. The van der Waals surface area contributed by atoms with Crippen LogP contribution in [0.4, 0.5) is 13.2 Å². The molecule has 8 heteroatoms. The number of benzene rings is 1. The fourth-order valence-electron chi connectivity index (χ4n) is 3.34. The van der Waals surface area contributed by atoms with Gasteiger partial charge in [-0.25, -0.2) is 0 Å². The summed E-state index contributed by atoms with van der Waals surface area (Å²) < 4.78 is 40.8. The van der Waals surface area contributed by atoms with E-state index in [1.54, 1.807) is 6.07 Å². The maximum absolute atomic E-state index is 12.3. The molecule has 1 N–H and O–H groups in total. The van der Waals surface area contributed by atoms with Crippen LogP contribution < -0.4 is 10.1 Å². The second-order valence-electron chi connectivity index (χ2n) is 6.15. The molecule has 1 unspecified atom stereocenters. The summed E-state index contributed by atoms with van der Waals surface area (Å²) in [7, 11) is 0. The third-order valence-electron chi connectivity index (χ3n) is 4.50. The van der Waals surface area contributed by atoms with Gasteiger partial charge >= 0.3 is 6.36 Å². The molecule has 0 bridgehead atoms. The molecule has 24 heavy (non-hydrogen) atoms. The lowest BCUT2D eigenvalue weighted by Gasteiger charge is -2.37. The minimum Gasteiger partial charge on any atom is -0.406 e. The van der Waals surface area contributed by atoms with Crippen molar-refractivity contribution in [1.29, 1.82) is 0 Å². The zero-order valence-corrected chi connectivity index (χ0v) is 14.2. The van der Waals surface area contributed by atoms with E-state index in [1.807, 2.05) is 6.07 Å². The first-order valence-electron chi connectivity index (χ1n) is 8.01. The molecule has 0 aromatic heterocycles. The van der Waals surface area contributed by atoms with Crippen molar-refractivity contribution in [1.82, 2.24) is 15.1 Å². The largest absolute Gasteiger partial charge is 0.573 e. The Morgan fingerprint density at radius 2 is 1.92 bits per heavy atom. The van der Waals surface area contributed by atoms with Crippen molar-refractivity contribution in [2.45, 2.75) is 25.4 Å². The Balaban J connectivity index is 0.00000208. The molecule has 0 radical (unpaired) electrons. The monoisotopic (exact) mass is 365 g/mol. The summed E-state index contributed by atoms with van der Waals surface area (Å²) in [4.78, 5) is 4.80. The molecule has 2 aliphatic heterocycles. The standard InChI is InChI=1S/C16H22F3N3O.ClH/c17-16(18,19)23-15-3-1-2-13(10-15)12-21-6-8-22(9-7-21)14-4-5-20-11-14;/h1-3,10,14,20H,4-9,11-12H2;1H. The van der Waals surface area contributed by atoms with Gasteiger partial charge in [0.1, 0.15) is 5.75 Å². The van der Waals surface area contributed by atoms with E-state index in [-0.39, 0.29) is 18.2 Å². The van der Waals surface area contributed by atoms with Gasteiger partial charge in [-0.2, -0.15) is 0 Å². The fraction of sp³-hybridized carbons (Fsp3) is 0.625. The topological polar surface area (TPSA) is 27.7 Å². The van der Waals surface area contributed by atoms with Gasteiger partial charge in [-0.3, -0.25) is 9.80 Å². The van der Waals surface area contributed by atoms with Crippen molar-refractivity contribution in [3.63, 3.8) is 0 Å². The summed E-state index contributed by atoms with van der Waals surface area (Å²) in [6, 6.07) is 6.90. The van der Waals surface area contributed by atoms with Gasteiger partial charge in [0.15, 0.2) is 0 Å². The SMILES string of the molecule is Cl.FC(F)(F)Oc1cccc(CN2CCN(C3CCNC3)CC2)c1. The molecule has 1 aromatic rings. The van der Waals surface area contributed by atoms with Crippen molar-refractivity contribution in [2.75, 3.05) is 39.3 Å². The van der Waals surface area contributed by atoms with E-state index in [9.17, 15) is 13.2 Å². The van der Waals surface area contributed by atoms with E-state index in [4.69, 9.17) is 0 Å². The zero-order valence-electron chi connectivity index (χ0n) is 13.4. The van der Waals surface area contributed by atoms with Crippen LogP contribution in [0.3, 0.4) is 0 Å². The van der Waals surface area contributed by atoms with Gasteiger partial charge in [-0.05, 0) is 30.7 Å². The maximum atomic E-state index is 12.3. The Morgan fingerprint density at radius 3 is 2.54 bits per heavy atom. The highest BCUT2D eigenvalue weighted by atomic mass is 35.5. The van der Waals surface area contributed by atoms with Gasteiger partial charge in [-0.1, -0.05) is 12.1 Å². The molecule has 1 aromatic carbocycles. The number of nitrogens with zero attached hydrogens (tertiary/aromatic N) is 2. The summed E-state index contributed by atoms with van der Waals surface area (Å²) in [5.41, 5.74) is 0.850. The Kier molecular flexibility index (Phi) is 6.74. The average molecular weight is 366 g/mol. The van der Waals surface area contributed by atoms with Crippen LogP contribution in [0.15, 0.2) is 24.3 Å². The fourth-order valence-corrected chi connectivity index (χ4v) is 3.34. The third-order valence-corrected chi connectivity index (χ3v) is 4.50. The molecule has 0 saturated carbocycles. The highest BCUT2D eigenvalue weighted by molar-refractivity contribution is 5.85. The minimum absolute atomic E-state index is 0. The number of halogens is 4. The predicted molar refractivity (Wildman–Crippen MR) is 88.5 cm³/mol. The summed E-state index contributed by atoms with van der Waals surface area (Å²) in [5.74, 6) is -0.148. The van der Waals surface area contributed by atoms with Gasteiger partial charge in [0.25, 0.3) is 0 Å². The number of hydrogen-bond acceptors (Lipinski definition) is 4. The van der Waals surface area contributed by atoms with Crippen LogP contribution in [0, 0.1) is 0 Å². The van der Waals surface area contributed by atoms with Crippen molar-refractivity contribution in [2.24, 2.45) is 0 Å². The van der Waals surface area contributed by atoms with Crippen LogP contribution in [0.1, 0.15) is 12.0 Å². The molecule has 0 amide bonds. The highest BCUT2D eigenvalue weighted by Gasteiger charge is 2.31. The number of piperazine rings is 1. The van der Waals surface area contributed by atoms with Crippen molar-refractivity contribution in [3.8, 4) is 5.75 Å². The summed E-state index contributed by atoms with van der Waals surface area (Å²) in [5, 5.41) is 3.38. The van der Waals surface area contributed by atoms with Crippen LogP contribution in [0.5, 0.6) is 5.75 Å². The summed E-state index contributed by atoms with van der Waals surface area (Å²) in [6.07, 6.45) is -3.43. The summed E-state index contributed by atoms with van der Waals surface area (Å²) in [6.45, 7) is 6.75. The molecule has 3 rings (SSSR count). The first-order chi connectivity index (χ1) is 11.0. The molecular weight excluding hydrogens is 343 g/mol. The second kappa shape index (κ2) is 8.38. The second-order valence-corrected chi connectivity index (χ2v) is 6.15. The van der Waals surface area contributed by atoms with Crippen molar-refractivity contribution in [3.05, 3.63) is 29.8 Å². The maximum Gasteiger partial charge on any atom is 0.573 e. The molecular formula is C16H23ClF3N3O. The van der Waals surface area contributed by atoms with Gasteiger partial charge < -0.3 is 10.1 Å². The highest BCUT2D eigenvalue weighted by Crippen LogP contribution is 2.24. The lowest BCUT2D eigenvalue weighted by molar-refractivity contribution is -0.274. The van der Waals surface area contributed by atoms with E-state index >= 15 is 0 Å². The quantitative estimate of drug-likeness (QED) is 0.887. The van der Waals surface area contributed by atoms with Crippen LogP contribution in [-0.2, 0) is 6.54 Å². The number of nitrogens with one attached hydrogen (secondary N) is 1. The molecule has 2 aliphatic rings. The molecule has 4 nitrogen and oxygen atoms in total. The van der Waals surface area contributed by atoms with E-state index in [0.717, 1.165) is 44.8 Å². The molecule has 0 aliphatic carbocycles. The van der Waals surface area contributed by atoms with Crippen molar-refractivity contribution < 1.29 is 17.9 Å². The third kappa shape index (κ3) is 5.51. The van der Waals surface area contributed by atoms with Gasteiger partial charge in [0.2, 0.25) is 0 Å². The molecule has 2 heterocycles. The van der Waals surface area contributed by atoms with Crippen LogP contribution in [0.2, 0.25) is 0 Å². The van der Waals surface area contributed by atoms with Crippen molar-refractivity contribution >= 4 is 12.4 Å². The number of hydrogen-bond donors (Lipinski definition) is 1. The Labute approximate surface area is 146 Å². The van der Waals surface area contributed by atoms with E-state index in [1.165, 1.54) is 18.6 Å². The van der Waals surface area contributed by atoms with Gasteiger partial charge in [-0.15, -0.1) is 25.6 Å². The van der Waals surface area contributed by atoms with Gasteiger partial charge in [0, 0.05) is 45.3 Å². The number of rotatable bonds is 4. The van der Waals surface area contributed by atoms with Crippen LogP contribution in [0.25, 0.3) is 0 Å². The normalized spacial score (nSPS) is 23.0. The molecule has 2 saturated heterocycles. The first kappa shape index (κ1) is 19.3. The first-order valence-corrected chi connectivity index (χ1v) is 8.01. The molecule has 136 valence electrons. The van der Waals surface area contributed by atoms with Crippen LogP contribution in [-0.4, -0.2) is 61.5 Å². The molecule has 2 fully saturated rings. The zero-order chi connectivity index (χ0) is 16.3. The number of alkyl halides is 3. The molecule has 1 atom stereocenters. The molecule has 0 spiro atoms. The Hall–Kier alpha value is -1.02. The average Bonchev–Trinajstić information content (AvgIpc) is 3.01. The Morgan fingerprint density at radius 1 is 1.17 bits per heavy atom. The van der Waals surface area contributed by atoms with Gasteiger partial charge in [0.05, 0.1) is 0 Å². The van der Waals surface area contributed by atoms with Crippen LogP contribution >= 0.6 is 12.4 Å². The Bertz CT molecular complexity index is 516.